The molecule has 3 rings (SSSR count). The fraction of sp³-hybridized carbons (Fsp3) is 0.800. The number of phosphoric ester groups is 2. The molecule has 3 heterocycles. The second-order valence-electron chi connectivity index (χ2n) is 11.3. The van der Waals surface area contributed by atoms with Gasteiger partial charge in [-0.25, -0.2) is 13.9 Å². The molecule has 21 nitrogen and oxygen atoms in total. The van der Waals surface area contributed by atoms with Gasteiger partial charge in [0.2, 0.25) is 0 Å². The number of nitrogens with zero attached hydrogens (tertiary/aromatic N) is 1. The van der Waals surface area contributed by atoms with Crippen LogP contribution in [0.25, 0.3) is 0 Å². The van der Waals surface area contributed by atoms with Gasteiger partial charge >= 0.3 is 27.3 Å². The van der Waals surface area contributed by atoms with Crippen molar-refractivity contribution in [3.63, 3.8) is 0 Å². The highest BCUT2D eigenvalue weighted by molar-refractivity contribution is 7.61. The molecule has 276 valence electrons. The minimum atomic E-state index is -5.66. The Balaban J connectivity index is 1.58. The Morgan fingerprint density at radius 1 is 1.04 bits per heavy atom. The van der Waals surface area contributed by atoms with Crippen LogP contribution in [0.1, 0.15) is 58.1 Å². The first-order valence-electron chi connectivity index (χ1n) is 15.1. The number of aromatic amines is 1. The predicted octanol–water partition coefficient (Wildman–Crippen LogP) is -2.16. The summed E-state index contributed by atoms with van der Waals surface area (Å²) in [7, 11) is -11.2. The van der Waals surface area contributed by atoms with Crippen molar-refractivity contribution in [1.29, 1.82) is 0 Å². The lowest BCUT2D eigenvalue weighted by Crippen LogP contribution is -2.63. The normalized spacial score (nSPS) is 32.3. The fourth-order valence-electron chi connectivity index (χ4n) is 5.01. The minimum absolute atomic E-state index is 0.308. The van der Waals surface area contributed by atoms with E-state index in [4.69, 9.17) is 24.5 Å². The van der Waals surface area contributed by atoms with E-state index in [2.05, 4.69) is 15.8 Å². The van der Waals surface area contributed by atoms with E-state index in [0.29, 0.717) is 12.8 Å². The van der Waals surface area contributed by atoms with E-state index in [-0.39, 0.29) is 0 Å². The number of H-pyrrole nitrogens is 1. The number of phosphoric acid groups is 2. The van der Waals surface area contributed by atoms with Crippen molar-refractivity contribution in [2.45, 2.75) is 113 Å². The third kappa shape index (κ3) is 11.3. The topological polar surface area (TPSA) is 329 Å². The highest BCUT2D eigenvalue weighted by Gasteiger charge is 2.50. The molecule has 2 fully saturated rings. The SMILES string of the molecule is CCCCCCC[C@@H](O)CC(=O)O[C@@H]1[C@@H](N)[C@@H](OP(=O)(O)OP(=O)(O)OC[C@H]2O[C@@H](n3ccc(=O)[nH]c3=O)[C@H](O)[C@@H]2O)O[C@H](CO)[C@H]1O. The van der Waals surface area contributed by atoms with Crippen LogP contribution in [0.2, 0.25) is 0 Å². The van der Waals surface area contributed by atoms with E-state index in [1.807, 2.05) is 4.98 Å². The van der Waals surface area contributed by atoms with Gasteiger partial charge in [0.25, 0.3) is 5.56 Å². The number of aliphatic hydroxyl groups is 5. The summed E-state index contributed by atoms with van der Waals surface area (Å²) >= 11 is 0. The van der Waals surface area contributed by atoms with Crippen LogP contribution in [0, 0.1) is 0 Å². The van der Waals surface area contributed by atoms with Gasteiger partial charge in [-0.3, -0.25) is 28.2 Å². The van der Waals surface area contributed by atoms with Crippen LogP contribution >= 0.6 is 15.6 Å². The van der Waals surface area contributed by atoms with Gasteiger partial charge in [-0.15, -0.1) is 0 Å². The van der Waals surface area contributed by atoms with Crippen LogP contribution in [-0.4, -0.2) is 119 Å². The molecule has 2 aliphatic heterocycles. The molecule has 10 N–H and O–H groups in total. The molecule has 2 saturated heterocycles. The second kappa shape index (κ2) is 17.8. The van der Waals surface area contributed by atoms with Crippen molar-refractivity contribution >= 4 is 21.6 Å². The molecule has 23 heteroatoms. The number of carbonyl (C=O) groups excluding carboxylic acids is 1. The summed E-state index contributed by atoms with van der Waals surface area (Å²) < 4.78 is 55.3. The van der Waals surface area contributed by atoms with Crippen LogP contribution in [0.4, 0.5) is 0 Å². The number of unbranched alkanes of at least 4 members (excludes halogenated alkanes) is 4. The minimum Gasteiger partial charge on any atom is -0.458 e. The summed E-state index contributed by atoms with van der Waals surface area (Å²) in [6.07, 6.45) is -9.54. The van der Waals surface area contributed by atoms with E-state index < -0.39 is 114 Å². The van der Waals surface area contributed by atoms with Gasteiger partial charge in [0.1, 0.15) is 30.5 Å². The number of ether oxygens (including phenoxy) is 3. The van der Waals surface area contributed by atoms with E-state index >= 15 is 0 Å². The maximum Gasteiger partial charge on any atom is 0.483 e. The number of esters is 1. The van der Waals surface area contributed by atoms with Gasteiger partial charge in [0, 0.05) is 12.3 Å². The number of aliphatic hydroxyl groups excluding tert-OH is 5. The zero-order chi connectivity index (χ0) is 35.8. The molecule has 12 atom stereocenters. The number of nitrogens with one attached hydrogen (secondary N) is 1. The molecule has 1 aromatic heterocycles. The Morgan fingerprint density at radius 3 is 2.38 bits per heavy atom. The van der Waals surface area contributed by atoms with Crippen molar-refractivity contribution in [2.75, 3.05) is 13.2 Å². The summed E-state index contributed by atoms with van der Waals surface area (Å²) in [5.74, 6) is -0.987. The average Bonchev–Trinajstić information content (AvgIpc) is 3.27. The monoisotopic (exact) mass is 735 g/mol. The van der Waals surface area contributed by atoms with Gasteiger partial charge in [0.15, 0.2) is 18.6 Å². The quantitative estimate of drug-likeness (QED) is 0.0440. The van der Waals surface area contributed by atoms with Crippen LogP contribution in [0.15, 0.2) is 21.9 Å². The highest BCUT2D eigenvalue weighted by atomic mass is 31.3. The summed E-state index contributed by atoms with van der Waals surface area (Å²) in [6.45, 7) is 0.0984. The molecule has 2 unspecified atom stereocenters. The Hall–Kier alpha value is -1.91. The van der Waals surface area contributed by atoms with E-state index in [9.17, 15) is 58.8 Å². The number of carbonyl (C=O) groups is 1. The van der Waals surface area contributed by atoms with Crippen LogP contribution in [0.3, 0.4) is 0 Å². The molecule has 0 spiro atoms. The maximum atomic E-state index is 12.7. The molecule has 48 heavy (non-hydrogen) atoms. The number of hydrogen-bond acceptors (Lipinski definition) is 17. The lowest BCUT2D eigenvalue weighted by molar-refractivity contribution is -0.249. The highest BCUT2D eigenvalue weighted by Crippen LogP contribution is 2.61. The first-order valence-corrected chi connectivity index (χ1v) is 18.1. The van der Waals surface area contributed by atoms with Gasteiger partial charge < -0.3 is 55.3 Å². The summed E-state index contributed by atoms with van der Waals surface area (Å²) in [4.78, 5) is 58.0. The number of rotatable bonds is 18. The molecular weight excluding hydrogens is 692 g/mol. The zero-order valence-electron chi connectivity index (χ0n) is 25.8. The molecule has 0 bridgehead atoms. The molecule has 0 radical (unpaired) electrons. The van der Waals surface area contributed by atoms with E-state index in [0.717, 1.165) is 42.5 Å². The second-order valence-corrected chi connectivity index (χ2v) is 14.3. The first-order chi connectivity index (χ1) is 22.5. The summed E-state index contributed by atoms with van der Waals surface area (Å²) in [5.41, 5.74) is 4.21. The molecule has 0 saturated carbocycles. The molecule has 1 aromatic rings. The van der Waals surface area contributed by atoms with E-state index in [1.165, 1.54) is 0 Å². The van der Waals surface area contributed by atoms with Crippen LogP contribution in [-0.2, 0) is 41.5 Å². The Morgan fingerprint density at radius 2 is 1.73 bits per heavy atom. The molecule has 0 aliphatic carbocycles. The van der Waals surface area contributed by atoms with Gasteiger partial charge in [-0.1, -0.05) is 39.0 Å². The van der Waals surface area contributed by atoms with Gasteiger partial charge in [0.05, 0.1) is 31.8 Å². The van der Waals surface area contributed by atoms with Crippen LogP contribution in [0.5, 0.6) is 0 Å². The zero-order valence-corrected chi connectivity index (χ0v) is 27.6. The Labute approximate surface area is 273 Å². The van der Waals surface area contributed by atoms with Crippen molar-refractivity contribution in [3.05, 3.63) is 33.1 Å². The first kappa shape index (κ1) is 40.5. The molecular formula is C25H43N3O18P2. The lowest BCUT2D eigenvalue weighted by Gasteiger charge is -2.42. The van der Waals surface area contributed by atoms with Crippen LogP contribution < -0.4 is 17.0 Å². The Kier molecular flexibility index (Phi) is 15.1. The Bertz CT molecular complexity index is 1410. The largest absolute Gasteiger partial charge is 0.483 e. The summed E-state index contributed by atoms with van der Waals surface area (Å²) in [6, 6.07) is -0.792. The van der Waals surface area contributed by atoms with Crippen molar-refractivity contribution in [2.24, 2.45) is 5.73 Å². The van der Waals surface area contributed by atoms with Gasteiger partial charge in [-0.2, -0.15) is 4.31 Å². The third-order valence-corrected chi connectivity index (χ3v) is 10.1. The standard InChI is InChI=1S/C25H43N3O18P2/c1-2-3-4-5-6-7-13(30)10-17(32)44-22-18(26)24(43-14(11-29)20(22)34)45-48(39,40)46-47(37,38)41-12-15-19(33)21(35)23(42-15)28-9-8-16(31)27-25(28)36/h8-9,13-15,18-24,29-30,33-35H,2-7,10-12,26H2,1H3,(H,37,38)(H,39,40)(H,27,31,36)/t13-,14-,15-,18-,19-,20-,21-,22-,23-,24-/m1/s1. The van der Waals surface area contributed by atoms with Crippen molar-refractivity contribution < 1.29 is 76.8 Å². The maximum absolute atomic E-state index is 12.7. The number of hydrogen-bond donors (Lipinski definition) is 9. The lowest BCUT2D eigenvalue weighted by atomic mass is 9.97. The number of aromatic nitrogens is 2. The van der Waals surface area contributed by atoms with E-state index in [1.54, 1.807) is 0 Å². The average molecular weight is 736 g/mol. The smallest absolute Gasteiger partial charge is 0.458 e. The fourth-order valence-corrected chi connectivity index (χ4v) is 7.18. The number of nitrogens with two attached hydrogens (primary N) is 1. The van der Waals surface area contributed by atoms with Crippen molar-refractivity contribution in [1.82, 2.24) is 9.55 Å². The third-order valence-electron chi connectivity index (χ3n) is 7.52. The molecule has 0 aromatic carbocycles. The van der Waals surface area contributed by atoms with Crippen molar-refractivity contribution in [3.8, 4) is 0 Å². The predicted molar refractivity (Wildman–Crippen MR) is 159 cm³/mol. The molecule has 0 amide bonds. The summed E-state index contributed by atoms with van der Waals surface area (Å²) in [5, 5.41) is 50.9. The molecule has 2 aliphatic rings. The van der Waals surface area contributed by atoms with Gasteiger partial charge in [-0.05, 0) is 6.42 Å².